The Morgan fingerprint density at radius 3 is 2.57 bits per heavy atom. The summed E-state index contributed by atoms with van der Waals surface area (Å²) in [5.41, 5.74) is 6.71. The van der Waals surface area contributed by atoms with E-state index in [2.05, 4.69) is 0 Å². The molecule has 2 atom stereocenters. The van der Waals surface area contributed by atoms with Gasteiger partial charge in [0, 0.05) is 6.04 Å². The lowest BCUT2D eigenvalue weighted by molar-refractivity contribution is 0.0985. The predicted molar refractivity (Wildman–Crippen MR) is 56.3 cm³/mol. The van der Waals surface area contributed by atoms with Gasteiger partial charge < -0.3 is 15.6 Å². The van der Waals surface area contributed by atoms with Gasteiger partial charge in [-0.3, -0.25) is 0 Å². The largest absolute Gasteiger partial charge is 0.486 e. The molecule has 1 aromatic carbocycles. The first-order valence-electron chi connectivity index (χ1n) is 4.74. The highest BCUT2D eigenvalue weighted by Crippen LogP contribution is 2.18. The van der Waals surface area contributed by atoms with Crippen LogP contribution < -0.4 is 10.5 Å². The summed E-state index contributed by atoms with van der Waals surface area (Å²) in [6.07, 6.45) is -0.337. The number of ether oxygens (including phenoxy) is 1. The van der Waals surface area contributed by atoms with Crippen LogP contribution in [0.2, 0.25) is 0 Å². The molecule has 0 saturated carbocycles. The number of hydrogen-bond acceptors (Lipinski definition) is 3. The summed E-state index contributed by atoms with van der Waals surface area (Å²) in [5, 5.41) is 9.04. The van der Waals surface area contributed by atoms with Crippen LogP contribution in [0.15, 0.2) is 24.3 Å². The second kappa shape index (κ2) is 4.98. The summed E-state index contributed by atoms with van der Waals surface area (Å²) in [6.45, 7) is 3.72. The van der Waals surface area contributed by atoms with Crippen molar-refractivity contribution in [2.75, 3.05) is 6.61 Å². The highest BCUT2D eigenvalue weighted by Gasteiger charge is 2.14. The van der Waals surface area contributed by atoms with E-state index in [9.17, 15) is 0 Å². The van der Waals surface area contributed by atoms with E-state index in [0.717, 1.165) is 11.3 Å². The molecule has 0 radical (unpaired) electrons. The molecule has 0 aliphatic rings. The van der Waals surface area contributed by atoms with Crippen LogP contribution in [-0.2, 0) is 0 Å². The van der Waals surface area contributed by atoms with Gasteiger partial charge in [-0.1, -0.05) is 18.2 Å². The fourth-order valence-corrected chi connectivity index (χ4v) is 1.16. The zero-order valence-corrected chi connectivity index (χ0v) is 8.60. The lowest BCUT2D eigenvalue weighted by Gasteiger charge is -2.21. The van der Waals surface area contributed by atoms with Gasteiger partial charge in [-0.25, -0.2) is 0 Å². The number of aliphatic hydroxyl groups excluding tert-OH is 1. The Morgan fingerprint density at radius 1 is 1.43 bits per heavy atom. The van der Waals surface area contributed by atoms with E-state index >= 15 is 0 Å². The molecule has 0 fully saturated rings. The minimum Gasteiger partial charge on any atom is -0.486 e. The molecule has 0 aliphatic carbocycles. The van der Waals surface area contributed by atoms with E-state index in [1.54, 1.807) is 0 Å². The van der Waals surface area contributed by atoms with E-state index in [0.29, 0.717) is 0 Å². The number of nitrogens with two attached hydrogens (primary N) is 1. The van der Waals surface area contributed by atoms with E-state index in [1.165, 1.54) is 0 Å². The molecule has 3 N–H and O–H groups in total. The highest BCUT2D eigenvalue weighted by atomic mass is 16.5. The maximum atomic E-state index is 9.04. The van der Waals surface area contributed by atoms with Crippen LogP contribution in [0, 0.1) is 6.92 Å². The molecule has 3 heteroatoms. The van der Waals surface area contributed by atoms with Crippen molar-refractivity contribution in [2.45, 2.75) is 26.0 Å². The monoisotopic (exact) mass is 195 g/mol. The van der Waals surface area contributed by atoms with Crippen molar-refractivity contribution in [3.63, 3.8) is 0 Å². The van der Waals surface area contributed by atoms with Crippen LogP contribution >= 0.6 is 0 Å². The van der Waals surface area contributed by atoms with Crippen molar-refractivity contribution in [3.8, 4) is 5.75 Å². The fourth-order valence-electron chi connectivity index (χ4n) is 1.16. The van der Waals surface area contributed by atoms with Crippen molar-refractivity contribution in [3.05, 3.63) is 29.8 Å². The highest BCUT2D eigenvalue weighted by molar-refractivity contribution is 5.32. The number of aliphatic hydroxyl groups is 1. The summed E-state index contributed by atoms with van der Waals surface area (Å²) < 4.78 is 5.58. The van der Waals surface area contributed by atoms with Crippen LogP contribution in [-0.4, -0.2) is 23.9 Å². The molecule has 0 heterocycles. The first-order valence-corrected chi connectivity index (χ1v) is 4.74. The minimum absolute atomic E-state index is 0.0635. The summed E-state index contributed by atoms with van der Waals surface area (Å²) in [4.78, 5) is 0. The van der Waals surface area contributed by atoms with Crippen molar-refractivity contribution < 1.29 is 9.84 Å². The molecule has 0 aliphatic heterocycles. The molecule has 0 aromatic heterocycles. The number of hydrogen-bond donors (Lipinski definition) is 2. The third-order valence-electron chi connectivity index (χ3n) is 2.14. The molecule has 3 nitrogen and oxygen atoms in total. The van der Waals surface area contributed by atoms with Crippen molar-refractivity contribution in [1.29, 1.82) is 0 Å². The minimum atomic E-state index is -0.337. The van der Waals surface area contributed by atoms with Crippen LogP contribution in [0.3, 0.4) is 0 Å². The molecule has 0 bridgehead atoms. The van der Waals surface area contributed by atoms with Crippen LogP contribution in [0.1, 0.15) is 12.5 Å². The summed E-state index contributed by atoms with van der Waals surface area (Å²) in [5.74, 6) is 0.781. The van der Waals surface area contributed by atoms with Gasteiger partial charge in [0.15, 0.2) is 0 Å². The third kappa shape index (κ3) is 2.72. The maximum Gasteiger partial charge on any atom is 0.136 e. The van der Waals surface area contributed by atoms with E-state index in [4.69, 9.17) is 15.6 Å². The van der Waals surface area contributed by atoms with E-state index in [-0.39, 0.29) is 18.8 Å². The van der Waals surface area contributed by atoms with Gasteiger partial charge in [0.1, 0.15) is 11.9 Å². The maximum absolute atomic E-state index is 9.04. The van der Waals surface area contributed by atoms with Gasteiger partial charge in [-0.2, -0.15) is 0 Å². The van der Waals surface area contributed by atoms with Gasteiger partial charge in [0.05, 0.1) is 6.61 Å². The molecule has 0 amide bonds. The van der Waals surface area contributed by atoms with Crippen molar-refractivity contribution in [2.24, 2.45) is 5.73 Å². The topological polar surface area (TPSA) is 55.5 Å². The number of aryl methyl sites for hydroxylation is 1. The molecular weight excluding hydrogens is 178 g/mol. The quantitative estimate of drug-likeness (QED) is 0.756. The SMILES string of the molecule is Cc1ccccc1OC(CO)C(C)N. The Labute approximate surface area is 84.5 Å². The molecule has 1 rings (SSSR count). The Hall–Kier alpha value is -1.06. The number of benzene rings is 1. The zero-order valence-electron chi connectivity index (χ0n) is 8.60. The number of para-hydroxylation sites is 1. The summed E-state index contributed by atoms with van der Waals surface area (Å²) in [7, 11) is 0. The van der Waals surface area contributed by atoms with E-state index < -0.39 is 0 Å². The number of rotatable bonds is 4. The van der Waals surface area contributed by atoms with Crippen molar-refractivity contribution in [1.82, 2.24) is 0 Å². The van der Waals surface area contributed by atoms with Gasteiger partial charge >= 0.3 is 0 Å². The Balaban J connectivity index is 2.72. The average molecular weight is 195 g/mol. The van der Waals surface area contributed by atoms with Crippen LogP contribution in [0.4, 0.5) is 0 Å². The normalized spacial score (nSPS) is 14.9. The van der Waals surface area contributed by atoms with Crippen LogP contribution in [0.25, 0.3) is 0 Å². The van der Waals surface area contributed by atoms with Gasteiger partial charge in [0.25, 0.3) is 0 Å². The lowest BCUT2D eigenvalue weighted by Crippen LogP contribution is -2.39. The molecule has 2 unspecified atom stereocenters. The van der Waals surface area contributed by atoms with Gasteiger partial charge in [-0.05, 0) is 25.5 Å². The molecule has 14 heavy (non-hydrogen) atoms. The second-order valence-corrected chi connectivity index (χ2v) is 3.46. The molecule has 0 saturated heterocycles. The molecule has 1 aromatic rings. The van der Waals surface area contributed by atoms with Crippen LogP contribution in [0.5, 0.6) is 5.75 Å². The molecular formula is C11H17NO2. The van der Waals surface area contributed by atoms with Gasteiger partial charge in [-0.15, -0.1) is 0 Å². The standard InChI is InChI=1S/C11H17NO2/c1-8-5-3-4-6-10(8)14-11(7-13)9(2)12/h3-6,9,11,13H,7,12H2,1-2H3. The van der Waals surface area contributed by atoms with E-state index in [1.807, 2.05) is 38.1 Å². The van der Waals surface area contributed by atoms with Gasteiger partial charge in [0.2, 0.25) is 0 Å². The smallest absolute Gasteiger partial charge is 0.136 e. The molecule has 0 spiro atoms. The van der Waals surface area contributed by atoms with Crippen molar-refractivity contribution >= 4 is 0 Å². The second-order valence-electron chi connectivity index (χ2n) is 3.46. The fraction of sp³-hybridized carbons (Fsp3) is 0.455. The summed E-state index contributed by atoms with van der Waals surface area (Å²) >= 11 is 0. The Morgan fingerprint density at radius 2 is 2.07 bits per heavy atom. The Kier molecular flexibility index (Phi) is 3.92. The summed E-state index contributed by atoms with van der Waals surface area (Å²) in [6, 6.07) is 7.50. The lowest BCUT2D eigenvalue weighted by atomic mass is 10.2. The average Bonchev–Trinajstić information content (AvgIpc) is 2.16. The predicted octanol–water partition coefficient (Wildman–Crippen LogP) is 1.08. The third-order valence-corrected chi connectivity index (χ3v) is 2.14. The zero-order chi connectivity index (χ0) is 10.6. The molecule has 78 valence electrons. The first kappa shape index (κ1) is 11.0. The Bertz CT molecular complexity index is 286. The first-order chi connectivity index (χ1) is 6.65.